The van der Waals surface area contributed by atoms with Gasteiger partial charge in [-0.15, -0.1) is 0 Å². The quantitative estimate of drug-likeness (QED) is 0.357. The molecule has 5 aromatic rings. The highest BCUT2D eigenvalue weighted by Gasteiger charge is 2.40. The van der Waals surface area contributed by atoms with Gasteiger partial charge >= 0.3 is 6.18 Å². The van der Waals surface area contributed by atoms with E-state index >= 15 is 0 Å². The lowest BCUT2D eigenvalue weighted by Gasteiger charge is -2.23. The summed E-state index contributed by atoms with van der Waals surface area (Å²) in [6.45, 7) is 0. The van der Waals surface area contributed by atoms with Gasteiger partial charge in [0, 0.05) is 28.3 Å². The summed E-state index contributed by atoms with van der Waals surface area (Å²) in [5.74, 6) is -0.603. The molecule has 6 rings (SSSR count). The molecule has 2 aromatic heterocycles. The van der Waals surface area contributed by atoms with Crippen molar-refractivity contribution in [2.24, 2.45) is 0 Å². The maximum atomic E-state index is 14.2. The van der Waals surface area contributed by atoms with Crippen molar-refractivity contribution in [3.05, 3.63) is 95.3 Å². The summed E-state index contributed by atoms with van der Waals surface area (Å²) in [6.07, 6.45) is -3.98. The number of nitrogens with zero attached hydrogens (tertiary/aromatic N) is 3. The number of alkyl halides is 3. The number of halogens is 3. The largest absolute Gasteiger partial charge is 0.433 e. The van der Waals surface area contributed by atoms with Crippen LogP contribution in [0.2, 0.25) is 0 Å². The number of aromatic nitrogens is 3. The van der Waals surface area contributed by atoms with E-state index in [1.165, 1.54) is 6.07 Å². The van der Waals surface area contributed by atoms with Crippen LogP contribution in [-0.4, -0.2) is 20.5 Å². The van der Waals surface area contributed by atoms with Crippen LogP contribution in [0.1, 0.15) is 27.3 Å². The molecule has 0 unspecified atom stereocenters. The first-order valence-corrected chi connectivity index (χ1v) is 10.8. The molecule has 34 heavy (non-hydrogen) atoms. The normalized spacial score (nSPS) is 13.0. The summed E-state index contributed by atoms with van der Waals surface area (Å²) in [7, 11) is 0. The van der Waals surface area contributed by atoms with Gasteiger partial charge in [-0.05, 0) is 29.9 Å². The molecular formula is C26H17F3N4O. The van der Waals surface area contributed by atoms with E-state index in [0.717, 1.165) is 20.9 Å². The SMILES string of the molecule is O=C(Nc1cccc2ccccc12)c1cc2nc3c(c(C(F)(F)F)n2n1)CCc1ccccc1-3. The number of rotatable bonds is 2. The Morgan fingerprint density at radius 1 is 0.941 bits per heavy atom. The fourth-order valence-electron chi connectivity index (χ4n) is 4.65. The van der Waals surface area contributed by atoms with E-state index in [1.54, 1.807) is 24.3 Å². The molecule has 0 atom stereocenters. The lowest BCUT2D eigenvalue weighted by Crippen LogP contribution is -2.21. The number of benzene rings is 3. The van der Waals surface area contributed by atoms with Gasteiger partial charge in [-0.25, -0.2) is 9.50 Å². The zero-order valence-corrected chi connectivity index (χ0v) is 17.7. The van der Waals surface area contributed by atoms with Gasteiger partial charge in [0.1, 0.15) is 0 Å². The molecule has 0 fully saturated rings. The minimum Gasteiger partial charge on any atom is -0.320 e. The monoisotopic (exact) mass is 458 g/mol. The minimum atomic E-state index is -4.66. The molecule has 8 heteroatoms. The molecular weight excluding hydrogens is 441 g/mol. The molecule has 0 saturated carbocycles. The number of carbonyl (C=O) groups excluding carboxylic acids is 1. The van der Waals surface area contributed by atoms with Crippen molar-refractivity contribution in [2.75, 3.05) is 5.32 Å². The molecule has 1 amide bonds. The standard InChI is InChI=1S/C26H17F3N4O/c27-26(28,29)24-19-13-12-16-7-2-4-10-18(16)23(19)31-22-14-21(32-33(22)24)25(34)30-20-11-5-8-15-6-1-3-9-17(15)20/h1-11,14H,12-13H2,(H,30,34). The van der Waals surface area contributed by atoms with Gasteiger partial charge in [-0.1, -0.05) is 60.7 Å². The number of aryl methyl sites for hydroxylation is 1. The molecule has 1 N–H and O–H groups in total. The number of hydrogen-bond acceptors (Lipinski definition) is 3. The number of hydrogen-bond donors (Lipinski definition) is 1. The Bertz CT molecular complexity index is 1600. The average molecular weight is 458 g/mol. The lowest BCUT2D eigenvalue weighted by atomic mass is 9.88. The number of amides is 1. The Kier molecular flexibility index (Phi) is 4.45. The Hall–Kier alpha value is -4.20. The Labute approximate surface area is 191 Å². The van der Waals surface area contributed by atoms with Crippen LogP contribution in [0.5, 0.6) is 0 Å². The van der Waals surface area contributed by atoms with Crippen molar-refractivity contribution in [1.29, 1.82) is 0 Å². The maximum Gasteiger partial charge on any atom is 0.433 e. The lowest BCUT2D eigenvalue weighted by molar-refractivity contribution is -0.143. The third kappa shape index (κ3) is 3.22. The number of nitrogens with one attached hydrogen (secondary N) is 1. The van der Waals surface area contributed by atoms with Crippen molar-refractivity contribution in [2.45, 2.75) is 19.0 Å². The molecule has 1 aliphatic carbocycles. The van der Waals surface area contributed by atoms with Gasteiger partial charge in [-0.3, -0.25) is 4.79 Å². The zero-order valence-electron chi connectivity index (χ0n) is 17.7. The van der Waals surface area contributed by atoms with Crippen molar-refractivity contribution in [1.82, 2.24) is 14.6 Å². The van der Waals surface area contributed by atoms with Crippen LogP contribution in [0.25, 0.3) is 27.7 Å². The summed E-state index contributed by atoms with van der Waals surface area (Å²) < 4.78 is 43.4. The van der Waals surface area contributed by atoms with E-state index in [1.807, 2.05) is 42.5 Å². The zero-order chi connectivity index (χ0) is 23.4. The van der Waals surface area contributed by atoms with E-state index in [9.17, 15) is 18.0 Å². The van der Waals surface area contributed by atoms with Crippen molar-refractivity contribution in [3.63, 3.8) is 0 Å². The molecule has 0 spiro atoms. The molecule has 0 bridgehead atoms. The molecule has 1 aliphatic rings. The molecule has 3 aromatic carbocycles. The molecule has 0 aliphatic heterocycles. The highest BCUT2D eigenvalue weighted by atomic mass is 19.4. The Morgan fingerprint density at radius 3 is 2.56 bits per heavy atom. The van der Waals surface area contributed by atoms with Gasteiger partial charge < -0.3 is 5.32 Å². The van der Waals surface area contributed by atoms with Crippen LogP contribution in [-0.2, 0) is 19.0 Å². The van der Waals surface area contributed by atoms with Gasteiger partial charge in [-0.2, -0.15) is 18.3 Å². The van der Waals surface area contributed by atoms with Crippen molar-refractivity contribution in [3.8, 4) is 11.3 Å². The first kappa shape index (κ1) is 20.4. The molecule has 168 valence electrons. The van der Waals surface area contributed by atoms with E-state index in [4.69, 9.17) is 0 Å². The molecule has 5 nitrogen and oxygen atoms in total. The second-order valence-corrected chi connectivity index (χ2v) is 8.22. The summed E-state index contributed by atoms with van der Waals surface area (Å²) >= 11 is 0. The smallest absolute Gasteiger partial charge is 0.320 e. The summed E-state index contributed by atoms with van der Waals surface area (Å²) in [4.78, 5) is 17.5. The maximum absolute atomic E-state index is 14.2. The highest BCUT2D eigenvalue weighted by molar-refractivity contribution is 6.08. The van der Waals surface area contributed by atoms with Crippen LogP contribution in [0.4, 0.5) is 18.9 Å². The minimum absolute atomic E-state index is 0.0224. The first-order valence-electron chi connectivity index (χ1n) is 10.8. The van der Waals surface area contributed by atoms with Crippen LogP contribution >= 0.6 is 0 Å². The predicted octanol–water partition coefficient (Wildman–Crippen LogP) is 5.92. The fourth-order valence-corrected chi connectivity index (χ4v) is 4.65. The van der Waals surface area contributed by atoms with Crippen LogP contribution in [0.15, 0.2) is 72.8 Å². The number of carbonyl (C=O) groups is 1. The third-order valence-corrected chi connectivity index (χ3v) is 6.16. The number of anilines is 1. The summed E-state index contributed by atoms with van der Waals surface area (Å²) in [5.41, 5.74) is 1.54. The van der Waals surface area contributed by atoms with Crippen LogP contribution in [0.3, 0.4) is 0 Å². The van der Waals surface area contributed by atoms with Crippen LogP contribution < -0.4 is 5.32 Å². The molecule has 0 saturated heterocycles. The second kappa shape index (κ2) is 7.41. The third-order valence-electron chi connectivity index (χ3n) is 6.16. The first-order chi connectivity index (χ1) is 16.4. The average Bonchev–Trinajstić information content (AvgIpc) is 3.25. The molecule has 2 heterocycles. The summed E-state index contributed by atoms with van der Waals surface area (Å²) in [5, 5.41) is 8.58. The van der Waals surface area contributed by atoms with Gasteiger partial charge in [0.25, 0.3) is 5.91 Å². The second-order valence-electron chi connectivity index (χ2n) is 8.22. The van der Waals surface area contributed by atoms with E-state index in [2.05, 4.69) is 15.4 Å². The van der Waals surface area contributed by atoms with E-state index < -0.39 is 17.8 Å². The van der Waals surface area contributed by atoms with E-state index in [-0.39, 0.29) is 23.3 Å². The van der Waals surface area contributed by atoms with Gasteiger partial charge in [0.05, 0.1) is 5.69 Å². The highest BCUT2D eigenvalue weighted by Crippen LogP contribution is 2.40. The topological polar surface area (TPSA) is 59.3 Å². The van der Waals surface area contributed by atoms with Gasteiger partial charge in [0.15, 0.2) is 17.0 Å². The Morgan fingerprint density at radius 2 is 1.71 bits per heavy atom. The summed E-state index contributed by atoms with van der Waals surface area (Å²) in [6, 6.07) is 21.6. The van der Waals surface area contributed by atoms with Crippen molar-refractivity contribution < 1.29 is 18.0 Å². The predicted molar refractivity (Wildman–Crippen MR) is 123 cm³/mol. The van der Waals surface area contributed by atoms with Crippen LogP contribution in [0, 0.1) is 0 Å². The molecule has 0 radical (unpaired) electrons. The van der Waals surface area contributed by atoms with Crippen molar-refractivity contribution >= 4 is 28.0 Å². The fraction of sp³-hybridized carbons (Fsp3) is 0.115. The Balaban J connectivity index is 1.49. The van der Waals surface area contributed by atoms with Gasteiger partial charge in [0.2, 0.25) is 0 Å². The number of fused-ring (bicyclic) bond motifs is 5. The van der Waals surface area contributed by atoms with E-state index in [0.29, 0.717) is 23.4 Å².